The number of hydrogen-bond donors (Lipinski definition) is 5. The molecule has 1 aliphatic rings. The van der Waals surface area contributed by atoms with Gasteiger partial charge in [-0.25, -0.2) is 0 Å². The van der Waals surface area contributed by atoms with E-state index in [1.54, 1.807) is 6.92 Å². The highest BCUT2D eigenvalue weighted by Crippen LogP contribution is 2.46. The van der Waals surface area contributed by atoms with Gasteiger partial charge in [-0.05, 0) is 24.6 Å². The van der Waals surface area contributed by atoms with Gasteiger partial charge in [0.05, 0.1) is 0 Å². The molecular formula is C16H16O6. The normalized spacial score (nSPS) is 23.6. The first-order valence-electron chi connectivity index (χ1n) is 6.74. The average Bonchev–Trinajstić information content (AvgIpc) is 2.42. The monoisotopic (exact) mass is 304 g/mol. The van der Waals surface area contributed by atoms with Crippen molar-refractivity contribution in [3.8, 4) is 28.7 Å². The summed E-state index contributed by atoms with van der Waals surface area (Å²) in [6.45, 7) is 1.55. The van der Waals surface area contributed by atoms with Crippen molar-refractivity contribution in [2.24, 2.45) is 0 Å². The summed E-state index contributed by atoms with van der Waals surface area (Å²) in [5.41, 5.74) is -0.471. The van der Waals surface area contributed by atoms with Gasteiger partial charge in [0, 0.05) is 24.1 Å². The first-order chi connectivity index (χ1) is 10.3. The van der Waals surface area contributed by atoms with Gasteiger partial charge >= 0.3 is 0 Å². The third kappa shape index (κ3) is 2.27. The van der Waals surface area contributed by atoms with Gasteiger partial charge in [-0.2, -0.15) is 0 Å². The highest BCUT2D eigenvalue weighted by atomic mass is 16.5. The number of fused-ring (bicyclic) bond motifs is 1. The molecule has 1 aliphatic heterocycles. The second-order valence-electron chi connectivity index (χ2n) is 5.72. The summed E-state index contributed by atoms with van der Waals surface area (Å²) in [7, 11) is 0. The summed E-state index contributed by atoms with van der Waals surface area (Å²) in [4.78, 5) is 0. The van der Waals surface area contributed by atoms with Crippen LogP contribution in [0, 0.1) is 0 Å². The molecule has 0 bridgehead atoms. The Bertz CT molecular complexity index is 738. The molecule has 5 N–H and O–H groups in total. The lowest BCUT2D eigenvalue weighted by Gasteiger charge is -2.38. The van der Waals surface area contributed by atoms with Crippen LogP contribution in [0.3, 0.4) is 0 Å². The van der Waals surface area contributed by atoms with Crippen molar-refractivity contribution in [3.05, 3.63) is 41.5 Å². The molecule has 0 saturated carbocycles. The zero-order valence-corrected chi connectivity index (χ0v) is 11.8. The molecule has 2 aromatic rings. The zero-order valence-electron chi connectivity index (χ0n) is 11.8. The second kappa shape index (κ2) is 4.71. The van der Waals surface area contributed by atoms with Crippen molar-refractivity contribution in [2.75, 3.05) is 0 Å². The molecule has 2 unspecified atom stereocenters. The Kier molecular flexibility index (Phi) is 3.07. The van der Waals surface area contributed by atoms with E-state index in [9.17, 15) is 25.5 Å². The Hall–Kier alpha value is -2.60. The molecule has 22 heavy (non-hydrogen) atoms. The van der Waals surface area contributed by atoms with Gasteiger partial charge in [-0.1, -0.05) is 6.07 Å². The maximum atomic E-state index is 10.6. The fourth-order valence-corrected chi connectivity index (χ4v) is 2.73. The van der Waals surface area contributed by atoms with Crippen LogP contribution in [-0.4, -0.2) is 31.1 Å². The van der Waals surface area contributed by atoms with Crippen molar-refractivity contribution in [1.82, 2.24) is 0 Å². The lowest BCUT2D eigenvalue weighted by atomic mass is 9.84. The molecular weight excluding hydrogens is 288 g/mol. The fraction of sp³-hybridized carbons (Fsp3) is 0.250. The molecule has 3 rings (SSSR count). The Morgan fingerprint density at radius 2 is 1.73 bits per heavy atom. The topological polar surface area (TPSA) is 110 Å². The highest BCUT2D eigenvalue weighted by Gasteiger charge is 2.41. The SMILES string of the molecule is CC1(O)Cc2c(O)cc(O)cc2OC1c1ccc(O)c(O)c1. The van der Waals surface area contributed by atoms with Crippen molar-refractivity contribution >= 4 is 0 Å². The van der Waals surface area contributed by atoms with Gasteiger partial charge in [-0.3, -0.25) is 0 Å². The molecule has 0 spiro atoms. The van der Waals surface area contributed by atoms with E-state index >= 15 is 0 Å². The molecule has 116 valence electrons. The number of aliphatic hydroxyl groups is 1. The van der Waals surface area contributed by atoms with Crippen LogP contribution in [0.15, 0.2) is 30.3 Å². The molecule has 2 aromatic carbocycles. The van der Waals surface area contributed by atoms with E-state index in [2.05, 4.69) is 0 Å². The van der Waals surface area contributed by atoms with Crippen molar-refractivity contribution in [3.63, 3.8) is 0 Å². The molecule has 6 nitrogen and oxygen atoms in total. The van der Waals surface area contributed by atoms with Crippen LogP contribution in [0.2, 0.25) is 0 Å². The molecule has 0 aromatic heterocycles. The smallest absolute Gasteiger partial charge is 0.157 e. The first-order valence-corrected chi connectivity index (χ1v) is 6.74. The van der Waals surface area contributed by atoms with E-state index in [-0.39, 0.29) is 35.2 Å². The number of phenols is 4. The molecule has 0 radical (unpaired) electrons. The van der Waals surface area contributed by atoms with Gasteiger partial charge in [0.1, 0.15) is 22.8 Å². The lowest BCUT2D eigenvalue weighted by Crippen LogP contribution is -2.41. The number of phenolic OH excluding ortho intramolecular Hbond substituents is 4. The lowest BCUT2D eigenvalue weighted by molar-refractivity contribution is -0.0630. The van der Waals surface area contributed by atoms with Crippen LogP contribution in [0.25, 0.3) is 0 Å². The number of hydrogen-bond acceptors (Lipinski definition) is 6. The summed E-state index contributed by atoms with van der Waals surface area (Å²) >= 11 is 0. The van der Waals surface area contributed by atoms with Crippen molar-refractivity contribution < 1.29 is 30.3 Å². The van der Waals surface area contributed by atoms with Crippen LogP contribution in [0.4, 0.5) is 0 Å². The molecule has 2 atom stereocenters. The summed E-state index contributed by atoms with van der Waals surface area (Å²) in [6.07, 6.45) is -0.714. The van der Waals surface area contributed by atoms with Crippen LogP contribution in [0.5, 0.6) is 28.7 Å². The molecule has 6 heteroatoms. The minimum Gasteiger partial charge on any atom is -0.508 e. The number of aromatic hydroxyl groups is 4. The Labute approximate surface area is 126 Å². The van der Waals surface area contributed by atoms with E-state index in [1.165, 1.54) is 30.3 Å². The maximum Gasteiger partial charge on any atom is 0.157 e. The van der Waals surface area contributed by atoms with Crippen LogP contribution in [-0.2, 0) is 6.42 Å². The quantitative estimate of drug-likeness (QED) is 0.515. The largest absolute Gasteiger partial charge is 0.508 e. The molecule has 0 amide bonds. The minimum absolute atomic E-state index is 0.112. The van der Waals surface area contributed by atoms with E-state index in [1.807, 2.05) is 0 Å². The zero-order chi connectivity index (χ0) is 16.1. The molecule has 1 heterocycles. The standard InChI is InChI=1S/C16H16O6/c1-16(21)7-10-12(19)5-9(17)6-14(10)22-15(16)8-2-3-11(18)13(20)4-8/h2-6,15,17-21H,7H2,1H3. The summed E-state index contributed by atoms with van der Waals surface area (Å²) < 4.78 is 5.73. The number of rotatable bonds is 1. The Morgan fingerprint density at radius 1 is 1.00 bits per heavy atom. The third-order valence-corrected chi connectivity index (χ3v) is 3.82. The highest BCUT2D eigenvalue weighted by molar-refractivity contribution is 5.52. The van der Waals surface area contributed by atoms with Gasteiger partial charge in [0.15, 0.2) is 17.6 Å². The predicted octanol–water partition coefficient (Wildman–Crippen LogP) is 1.94. The Morgan fingerprint density at radius 3 is 2.41 bits per heavy atom. The summed E-state index contributed by atoms with van der Waals surface area (Å²) in [5, 5.41) is 49.1. The molecule has 0 saturated heterocycles. The molecule has 0 aliphatic carbocycles. The fourth-order valence-electron chi connectivity index (χ4n) is 2.73. The minimum atomic E-state index is -1.34. The Balaban J connectivity index is 2.07. The summed E-state index contributed by atoms with van der Waals surface area (Å²) in [6, 6.07) is 6.69. The van der Waals surface area contributed by atoms with E-state index in [0.717, 1.165) is 0 Å². The van der Waals surface area contributed by atoms with Gasteiger partial charge in [0.2, 0.25) is 0 Å². The predicted molar refractivity (Wildman–Crippen MR) is 77.2 cm³/mol. The van der Waals surface area contributed by atoms with Crippen LogP contribution in [0.1, 0.15) is 24.2 Å². The van der Waals surface area contributed by atoms with E-state index in [4.69, 9.17) is 4.74 Å². The summed E-state index contributed by atoms with van der Waals surface area (Å²) in [5.74, 6) is -0.620. The van der Waals surface area contributed by atoms with Crippen molar-refractivity contribution in [2.45, 2.75) is 25.0 Å². The van der Waals surface area contributed by atoms with Crippen LogP contribution >= 0.6 is 0 Å². The maximum absolute atomic E-state index is 10.6. The number of ether oxygens (including phenoxy) is 1. The number of benzene rings is 2. The van der Waals surface area contributed by atoms with E-state index in [0.29, 0.717) is 11.1 Å². The second-order valence-corrected chi connectivity index (χ2v) is 5.72. The van der Waals surface area contributed by atoms with Crippen molar-refractivity contribution in [1.29, 1.82) is 0 Å². The van der Waals surface area contributed by atoms with Gasteiger partial charge in [-0.15, -0.1) is 0 Å². The third-order valence-electron chi connectivity index (χ3n) is 3.82. The molecule has 0 fully saturated rings. The average molecular weight is 304 g/mol. The van der Waals surface area contributed by atoms with Gasteiger partial charge < -0.3 is 30.3 Å². The van der Waals surface area contributed by atoms with Gasteiger partial charge in [0.25, 0.3) is 0 Å². The van der Waals surface area contributed by atoms with Crippen LogP contribution < -0.4 is 4.74 Å². The first kappa shape index (κ1) is 14.3. The van der Waals surface area contributed by atoms with E-state index < -0.39 is 11.7 Å².